The molecule has 2 aromatic rings. The van der Waals surface area contributed by atoms with Crippen molar-refractivity contribution >= 4 is 5.57 Å². The number of hydrogen-bond acceptors (Lipinski definition) is 1. The highest BCUT2D eigenvalue weighted by atomic mass is 19.1. The maximum absolute atomic E-state index is 13.7. The number of benzene rings is 2. The first-order valence-corrected chi connectivity index (χ1v) is 7.97. The van der Waals surface area contributed by atoms with E-state index in [0.29, 0.717) is 0 Å². The topological polar surface area (TPSA) is 20.2 Å². The van der Waals surface area contributed by atoms with E-state index in [2.05, 4.69) is 13.0 Å². The lowest BCUT2D eigenvalue weighted by Crippen LogP contribution is -1.90. The monoisotopic (exact) mass is 298 g/mol. The van der Waals surface area contributed by atoms with Crippen LogP contribution in [0, 0.1) is 5.82 Å². The van der Waals surface area contributed by atoms with E-state index in [-0.39, 0.29) is 5.75 Å². The molecular formula is C20H23FO. The number of phenolic OH excluding ortho intramolecular Hbond substituents is 1. The van der Waals surface area contributed by atoms with Crippen LogP contribution in [0.4, 0.5) is 4.39 Å². The molecule has 0 bridgehead atoms. The molecule has 1 nitrogen and oxygen atoms in total. The third kappa shape index (κ3) is 4.45. The van der Waals surface area contributed by atoms with Crippen molar-refractivity contribution < 1.29 is 9.50 Å². The first-order valence-electron chi connectivity index (χ1n) is 7.97. The lowest BCUT2D eigenvalue weighted by molar-refractivity contribution is 0.432. The van der Waals surface area contributed by atoms with Crippen LogP contribution >= 0.6 is 0 Å². The summed E-state index contributed by atoms with van der Waals surface area (Å²) in [6, 6.07) is 14.6. The fourth-order valence-electron chi connectivity index (χ4n) is 2.51. The van der Waals surface area contributed by atoms with Crippen molar-refractivity contribution in [2.24, 2.45) is 0 Å². The Morgan fingerprint density at radius 1 is 1.00 bits per heavy atom. The summed E-state index contributed by atoms with van der Waals surface area (Å²) < 4.78 is 13.7. The second-order valence-electron chi connectivity index (χ2n) is 5.50. The van der Waals surface area contributed by atoms with Gasteiger partial charge in [-0.25, -0.2) is 4.39 Å². The van der Waals surface area contributed by atoms with Gasteiger partial charge in [-0.15, -0.1) is 0 Å². The Balaban J connectivity index is 2.25. The number of rotatable bonds is 7. The highest BCUT2D eigenvalue weighted by Crippen LogP contribution is 2.27. The Morgan fingerprint density at radius 3 is 2.45 bits per heavy atom. The average molecular weight is 298 g/mol. The zero-order valence-corrected chi connectivity index (χ0v) is 13.1. The number of aromatic hydroxyl groups is 1. The highest BCUT2D eigenvalue weighted by molar-refractivity contribution is 5.80. The van der Waals surface area contributed by atoms with Crippen LogP contribution in [-0.4, -0.2) is 5.11 Å². The molecule has 0 spiro atoms. The lowest BCUT2D eigenvalue weighted by atomic mass is 9.96. The number of allylic oxidation sites excluding steroid dienone is 1. The van der Waals surface area contributed by atoms with E-state index in [9.17, 15) is 9.50 Å². The van der Waals surface area contributed by atoms with Crippen LogP contribution in [0.2, 0.25) is 0 Å². The lowest BCUT2D eigenvalue weighted by Gasteiger charge is -2.10. The largest absolute Gasteiger partial charge is 0.505 e. The predicted molar refractivity (Wildman–Crippen MR) is 90.3 cm³/mol. The van der Waals surface area contributed by atoms with E-state index in [1.165, 1.54) is 31.4 Å². The second-order valence-corrected chi connectivity index (χ2v) is 5.50. The minimum atomic E-state index is -0.578. The summed E-state index contributed by atoms with van der Waals surface area (Å²) in [5, 5.41) is 9.37. The zero-order chi connectivity index (χ0) is 15.8. The maximum Gasteiger partial charge on any atom is 0.165 e. The van der Waals surface area contributed by atoms with Gasteiger partial charge in [0, 0.05) is 0 Å². The van der Waals surface area contributed by atoms with Gasteiger partial charge in [-0.3, -0.25) is 0 Å². The Hall–Kier alpha value is -2.09. The molecule has 0 fully saturated rings. The van der Waals surface area contributed by atoms with Gasteiger partial charge in [-0.1, -0.05) is 68.7 Å². The molecule has 1 N–H and O–H groups in total. The van der Waals surface area contributed by atoms with Crippen LogP contribution in [0.25, 0.3) is 5.57 Å². The van der Waals surface area contributed by atoms with Crippen LogP contribution in [0.5, 0.6) is 5.75 Å². The van der Waals surface area contributed by atoms with Gasteiger partial charge in [-0.05, 0) is 41.7 Å². The molecule has 0 aliphatic carbocycles. The minimum Gasteiger partial charge on any atom is -0.505 e. The van der Waals surface area contributed by atoms with Crippen LogP contribution in [-0.2, 0) is 0 Å². The van der Waals surface area contributed by atoms with E-state index in [1.807, 2.05) is 30.3 Å². The molecule has 2 rings (SSSR count). The molecule has 0 saturated heterocycles. The normalized spacial score (nSPS) is 11.6. The average Bonchev–Trinajstić information content (AvgIpc) is 2.55. The van der Waals surface area contributed by atoms with Crippen molar-refractivity contribution in [3.05, 3.63) is 71.6 Å². The van der Waals surface area contributed by atoms with Gasteiger partial charge < -0.3 is 5.11 Å². The molecule has 0 unspecified atom stereocenters. The number of phenols is 1. The fourth-order valence-corrected chi connectivity index (χ4v) is 2.51. The van der Waals surface area contributed by atoms with Gasteiger partial charge in [0.1, 0.15) is 0 Å². The van der Waals surface area contributed by atoms with Gasteiger partial charge >= 0.3 is 0 Å². The molecule has 116 valence electrons. The molecular weight excluding hydrogens is 275 g/mol. The Kier molecular flexibility index (Phi) is 6.20. The molecule has 0 aliphatic rings. The molecule has 0 heterocycles. The highest BCUT2D eigenvalue weighted by Gasteiger charge is 2.08. The Labute approximate surface area is 132 Å². The van der Waals surface area contributed by atoms with Crippen molar-refractivity contribution in [2.75, 3.05) is 0 Å². The number of halogens is 1. The van der Waals surface area contributed by atoms with Gasteiger partial charge in [0.25, 0.3) is 0 Å². The summed E-state index contributed by atoms with van der Waals surface area (Å²) in [5.41, 5.74) is 2.90. The summed E-state index contributed by atoms with van der Waals surface area (Å²) in [6.07, 6.45) is 7.99. The molecule has 2 heteroatoms. The molecule has 0 amide bonds. The molecule has 0 aliphatic heterocycles. The third-order valence-corrected chi connectivity index (χ3v) is 3.75. The molecule has 2 aromatic carbocycles. The SMILES string of the molecule is CCCCCC/C=C(\c1ccccc1)c1ccc(O)c(F)c1. The number of hydrogen-bond donors (Lipinski definition) is 1. The first kappa shape index (κ1) is 16.3. The standard InChI is InChI=1S/C20H23FO/c1-2-3-4-5-9-12-18(16-10-7-6-8-11-16)17-13-14-20(22)19(21)15-17/h6-8,10-15,22H,2-5,9H2,1H3/b18-12+. The minimum absolute atomic E-state index is 0.306. The van der Waals surface area contributed by atoms with Gasteiger partial charge in [0.05, 0.1) is 0 Å². The first-order chi connectivity index (χ1) is 10.7. The zero-order valence-electron chi connectivity index (χ0n) is 13.1. The van der Waals surface area contributed by atoms with E-state index in [4.69, 9.17) is 0 Å². The molecule has 0 atom stereocenters. The van der Waals surface area contributed by atoms with Crippen LogP contribution < -0.4 is 0 Å². The Bertz CT molecular complexity index is 617. The summed E-state index contributed by atoms with van der Waals surface area (Å²) in [7, 11) is 0. The molecule has 0 radical (unpaired) electrons. The second kappa shape index (κ2) is 8.38. The van der Waals surface area contributed by atoms with Gasteiger partial charge in [-0.2, -0.15) is 0 Å². The third-order valence-electron chi connectivity index (χ3n) is 3.75. The van der Waals surface area contributed by atoms with E-state index in [0.717, 1.165) is 29.5 Å². The van der Waals surface area contributed by atoms with Crippen molar-refractivity contribution in [1.82, 2.24) is 0 Å². The van der Waals surface area contributed by atoms with Crippen LogP contribution in [0.3, 0.4) is 0 Å². The summed E-state index contributed by atoms with van der Waals surface area (Å²) in [5.74, 6) is -0.885. The predicted octanol–water partition coefficient (Wildman–Crippen LogP) is 5.93. The smallest absolute Gasteiger partial charge is 0.165 e. The van der Waals surface area contributed by atoms with Crippen molar-refractivity contribution in [2.45, 2.75) is 39.0 Å². The molecule has 0 saturated carbocycles. The molecule has 0 aromatic heterocycles. The fraction of sp³-hybridized carbons (Fsp3) is 0.300. The number of unbranched alkanes of at least 4 members (excludes halogenated alkanes) is 4. The van der Waals surface area contributed by atoms with Crippen molar-refractivity contribution in [1.29, 1.82) is 0 Å². The van der Waals surface area contributed by atoms with Crippen LogP contribution in [0.1, 0.15) is 50.2 Å². The summed E-state index contributed by atoms with van der Waals surface area (Å²) in [4.78, 5) is 0. The van der Waals surface area contributed by atoms with Crippen molar-refractivity contribution in [3.8, 4) is 5.75 Å². The maximum atomic E-state index is 13.7. The van der Waals surface area contributed by atoms with E-state index >= 15 is 0 Å². The quantitative estimate of drug-likeness (QED) is 0.628. The van der Waals surface area contributed by atoms with E-state index in [1.54, 1.807) is 6.07 Å². The van der Waals surface area contributed by atoms with Gasteiger partial charge in [0.15, 0.2) is 11.6 Å². The summed E-state index contributed by atoms with van der Waals surface area (Å²) >= 11 is 0. The van der Waals surface area contributed by atoms with E-state index < -0.39 is 5.82 Å². The Morgan fingerprint density at radius 2 is 1.77 bits per heavy atom. The van der Waals surface area contributed by atoms with Crippen molar-refractivity contribution in [3.63, 3.8) is 0 Å². The molecule has 22 heavy (non-hydrogen) atoms. The van der Waals surface area contributed by atoms with Crippen LogP contribution in [0.15, 0.2) is 54.6 Å². The van der Waals surface area contributed by atoms with Gasteiger partial charge in [0.2, 0.25) is 0 Å². The summed E-state index contributed by atoms with van der Waals surface area (Å²) in [6.45, 7) is 2.20.